The van der Waals surface area contributed by atoms with Crippen LogP contribution in [0.2, 0.25) is 0 Å². The van der Waals surface area contributed by atoms with Crippen LogP contribution < -0.4 is 0 Å². The summed E-state index contributed by atoms with van der Waals surface area (Å²) >= 11 is 0. The molecule has 1 fully saturated rings. The summed E-state index contributed by atoms with van der Waals surface area (Å²) in [6.07, 6.45) is 6.50. The summed E-state index contributed by atoms with van der Waals surface area (Å²) in [6, 6.07) is 4.42. The van der Waals surface area contributed by atoms with Crippen LogP contribution in [0.15, 0.2) is 0 Å². The van der Waals surface area contributed by atoms with E-state index < -0.39 is 0 Å². The first-order valence-corrected chi connectivity index (χ1v) is 7.63. The molecule has 0 bridgehead atoms. The predicted molar refractivity (Wildman–Crippen MR) is 77.2 cm³/mol. The van der Waals surface area contributed by atoms with Gasteiger partial charge in [-0.25, -0.2) is 0 Å². The molecule has 0 radical (unpaired) electrons. The third-order valence-corrected chi connectivity index (χ3v) is 4.43. The largest absolute Gasteiger partial charge is 0.301 e. The van der Waals surface area contributed by atoms with Gasteiger partial charge in [0.2, 0.25) is 0 Å². The molecule has 0 spiro atoms. The fourth-order valence-corrected chi connectivity index (χ4v) is 3.11. The summed E-state index contributed by atoms with van der Waals surface area (Å²) in [5.74, 6) is 2.49. The summed E-state index contributed by atoms with van der Waals surface area (Å²) in [6.45, 7) is 7.38. The fraction of sp³-hybridized carbons (Fsp3) is 0.875. The second-order valence-corrected chi connectivity index (χ2v) is 6.14. The van der Waals surface area contributed by atoms with E-state index in [-0.39, 0.29) is 0 Å². The van der Waals surface area contributed by atoms with Gasteiger partial charge in [-0.3, -0.25) is 0 Å². The quantitative estimate of drug-likeness (QED) is 0.704. The van der Waals surface area contributed by atoms with Crippen molar-refractivity contribution in [1.82, 2.24) is 4.90 Å². The molecule has 1 saturated carbocycles. The molecule has 1 aliphatic rings. The van der Waals surface area contributed by atoms with Crippen molar-refractivity contribution in [3.8, 4) is 12.1 Å². The Bertz CT molecular complexity index is 298. The number of hydrogen-bond acceptors (Lipinski definition) is 3. The summed E-state index contributed by atoms with van der Waals surface area (Å²) in [5, 5.41) is 17.4. The minimum Gasteiger partial charge on any atom is -0.301 e. The van der Waals surface area contributed by atoms with Crippen LogP contribution in [-0.2, 0) is 0 Å². The third-order valence-electron chi connectivity index (χ3n) is 4.43. The Morgan fingerprint density at radius 2 is 1.53 bits per heavy atom. The highest BCUT2D eigenvalue weighted by Crippen LogP contribution is 2.33. The molecule has 1 aliphatic carbocycles. The molecular formula is C16H27N3. The molecule has 0 aliphatic heterocycles. The zero-order valence-electron chi connectivity index (χ0n) is 12.4. The molecule has 0 aromatic carbocycles. The van der Waals surface area contributed by atoms with E-state index in [9.17, 15) is 0 Å². The van der Waals surface area contributed by atoms with Gasteiger partial charge < -0.3 is 4.90 Å². The first-order chi connectivity index (χ1) is 9.17. The molecule has 0 saturated heterocycles. The van der Waals surface area contributed by atoms with Crippen LogP contribution in [0.4, 0.5) is 0 Å². The summed E-state index contributed by atoms with van der Waals surface area (Å²) in [5.41, 5.74) is 0. The molecule has 19 heavy (non-hydrogen) atoms. The molecule has 0 aromatic heterocycles. The van der Waals surface area contributed by atoms with Gasteiger partial charge in [-0.1, -0.05) is 13.8 Å². The first-order valence-electron chi connectivity index (χ1n) is 7.63. The summed E-state index contributed by atoms with van der Waals surface area (Å²) in [4.78, 5) is 2.31. The van der Waals surface area contributed by atoms with Crippen molar-refractivity contribution < 1.29 is 0 Å². The van der Waals surface area contributed by atoms with Crippen LogP contribution in [-0.4, -0.2) is 24.5 Å². The minimum absolute atomic E-state index is 0.576. The van der Waals surface area contributed by atoms with E-state index >= 15 is 0 Å². The minimum atomic E-state index is 0.576. The molecular weight excluding hydrogens is 234 g/mol. The Kier molecular flexibility index (Phi) is 7.53. The molecule has 1 rings (SSSR count). The molecule has 0 aromatic rings. The van der Waals surface area contributed by atoms with E-state index in [0.29, 0.717) is 12.8 Å². The van der Waals surface area contributed by atoms with Gasteiger partial charge in [0, 0.05) is 32.5 Å². The van der Waals surface area contributed by atoms with E-state index in [1.807, 2.05) is 0 Å². The van der Waals surface area contributed by atoms with Crippen LogP contribution in [0.5, 0.6) is 0 Å². The summed E-state index contributed by atoms with van der Waals surface area (Å²) in [7, 11) is 0. The molecule has 3 nitrogen and oxygen atoms in total. The summed E-state index contributed by atoms with van der Waals surface area (Å²) < 4.78 is 0. The van der Waals surface area contributed by atoms with Crippen LogP contribution >= 0.6 is 0 Å². The highest BCUT2D eigenvalue weighted by atomic mass is 15.1. The maximum absolute atomic E-state index is 8.70. The Morgan fingerprint density at radius 3 is 1.95 bits per heavy atom. The van der Waals surface area contributed by atoms with Gasteiger partial charge in [-0.15, -0.1) is 0 Å². The van der Waals surface area contributed by atoms with Crippen molar-refractivity contribution in [3.05, 3.63) is 0 Å². The Hall–Kier alpha value is -1.06. The van der Waals surface area contributed by atoms with E-state index in [1.54, 1.807) is 0 Å². The normalized spacial score (nSPS) is 23.3. The highest BCUT2D eigenvalue weighted by molar-refractivity contribution is 4.80. The maximum Gasteiger partial charge on any atom is 0.0635 e. The second-order valence-electron chi connectivity index (χ2n) is 6.14. The second kappa shape index (κ2) is 8.94. The average molecular weight is 261 g/mol. The van der Waals surface area contributed by atoms with Gasteiger partial charge in [0.25, 0.3) is 0 Å². The third kappa shape index (κ3) is 6.08. The Morgan fingerprint density at radius 1 is 1.00 bits per heavy atom. The van der Waals surface area contributed by atoms with E-state index in [1.165, 1.54) is 25.7 Å². The van der Waals surface area contributed by atoms with Gasteiger partial charge in [0.1, 0.15) is 0 Å². The molecule has 0 atom stereocenters. The zero-order valence-corrected chi connectivity index (χ0v) is 12.4. The van der Waals surface area contributed by atoms with Crippen LogP contribution in [0, 0.1) is 40.4 Å². The number of nitrogens with zero attached hydrogens (tertiary/aromatic N) is 3. The number of hydrogen-bond donors (Lipinski definition) is 0. The zero-order chi connectivity index (χ0) is 14.1. The van der Waals surface area contributed by atoms with Crippen LogP contribution in [0.3, 0.4) is 0 Å². The van der Waals surface area contributed by atoms with E-state index in [0.717, 1.165) is 37.4 Å². The van der Waals surface area contributed by atoms with Crippen molar-refractivity contribution in [2.45, 2.75) is 52.4 Å². The SMILES string of the molecule is CC(C)[C@H]1CC[C@H](CN(CCC#N)CCC#N)CC1. The van der Waals surface area contributed by atoms with Gasteiger partial charge >= 0.3 is 0 Å². The van der Waals surface area contributed by atoms with Crippen molar-refractivity contribution in [3.63, 3.8) is 0 Å². The lowest BCUT2D eigenvalue weighted by Crippen LogP contribution is -2.33. The molecule has 0 N–H and O–H groups in total. The Labute approximate surface area is 118 Å². The average Bonchev–Trinajstić information content (AvgIpc) is 2.42. The monoisotopic (exact) mass is 261 g/mol. The van der Waals surface area contributed by atoms with E-state index in [4.69, 9.17) is 10.5 Å². The Balaban J connectivity index is 2.34. The van der Waals surface area contributed by atoms with Gasteiger partial charge in [0.05, 0.1) is 12.1 Å². The lowest BCUT2D eigenvalue weighted by molar-refractivity contribution is 0.166. The van der Waals surface area contributed by atoms with E-state index in [2.05, 4.69) is 30.9 Å². The lowest BCUT2D eigenvalue weighted by Gasteiger charge is -2.33. The smallest absolute Gasteiger partial charge is 0.0635 e. The van der Waals surface area contributed by atoms with Crippen LogP contribution in [0.1, 0.15) is 52.4 Å². The molecule has 3 heteroatoms. The number of rotatable bonds is 7. The topological polar surface area (TPSA) is 50.8 Å². The predicted octanol–water partition coefficient (Wildman–Crippen LogP) is 3.58. The van der Waals surface area contributed by atoms with Crippen LogP contribution in [0.25, 0.3) is 0 Å². The molecule has 0 amide bonds. The fourth-order valence-electron chi connectivity index (χ4n) is 3.11. The molecule has 0 heterocycles. The molecule has 106 valence electrons. The van der Waals surface area contributed by atoms with Gasteiger partial charge in [0.15, 0.2) is 0 Å². The van der Waals surface area contributed by atoms with Crippen molar-refractivity contribution in [2.75, 3.05) is 19.6 Å². The maximum atomic E-state index is 8.70. The van der Waals surface area contributed by atoms with Gasteiger partial charge in [-0.2, -0.15) is 10.5 Å². The lowest BCUT2D eigenvalue weighted by atomic mass is 9.77. The van der Waals surface area contributed by atoms with Crippen molar-refractivity contribution >= 4 is 0 Å². The van der Waals surface area contributed by atoms with Crippen molar-refractivity contribution in [1.29, 1.82) is 10.5 Å². The highest BCUT2D eigenvalue weighted by Gasteiger charge is 2.24. The first kappa shape index (κ1) is 16.0. The molecule has 0 unspecified atom stereocenters. The standard InChI is InChI=1S/C16H27N3/c1-14(2)16-7-5-15(6-8-16)13-19(11-3-9-17)12-4-10-18/h14-16H,3-8,11-13H2,1-2H3/t15-,16-. The van der Waals surface area contributed by atoms with Gasteiger partial charge in [-0.05, 0) is 43.4 Å². The number of nitriles is 2. The van der Waals surface area contributed by atoms with Crippen molar-refractivity contribution in [2.24, 2.45) is 17.8 Å².